The van der Waals surface area contributed by atoms with Crippen molar-refractivity contribution in [2.75, 3.05) is 6.61 Å². The van der Waals surface area contributed by atoms with Crippen LogP contribution in [0, 0.1) is 10.1 Å². The Morgan fingerprint density at radius 2 is 2.42 bits per heavy atom. The first kappa shape index (κ1) is 10.6. The minimum atomic E-state index is -0.951. The van der Waals surface area contributed by atoms with Crippen molar-refractivity contribution in [3.05, 3.63) is 10.1 Å². The van der Waals surface area contributed by atoms with Gasteiger partial charge >= 0.3 is 11.4 Å². The molecule has 0 aromatic heterocycles. The van der Waals surface area contributed by atoms with Crippen LogP contribution < -0.4 is 5.43 Å². The predicted molar refractivity (Wildman–Crippen MR) is 40.4 cm³/mol. The molecule has 0 aliphatic carbocycles. The molecule has 0 atom stereocenters. The van der Waals surface area contributed by atoms with Gasteiger partial charge in [-0.25, -0.2) is 4.79 Å². The van der Waals surface area contributed by atoms with Crippen LogP contribution in [0.2, 0.25) is 0 Å². The van der Waals surface area contributed by atoms with Gasteiger partial charge in [-0.05, 0) is 11.8 Å². The third-order valence-corrected chi connectivity index (χ3v) is 0.888. The summed E-state index contributed by atoms with van der Waals surface area (Å²) in [6.07, 6.45) is -0.891. The van der Waals surface area contributed by atoms with Crippen molar-refractivity contribution >= 4 is 23.0 Å². The average Bonchev–Trinajstić information content (AvgIpc) is 2.00. The lowest BCUT2D eigenvalue weighted by molar-refractivity contribution is -0.344. The van der Waals surface area contributed by atoms with Crippen LogP contribution in [-0.4, -0.2) is 22.9 Å². The summed E-state index contributed by atoms with van der Waals surface area (Å²) in [5, 5.41) is 11.8. The van der Waals surface area contributed by atoms with E-state index in [1.165, 1.54) is 0 Å². The highest BCUT2D eigenvalue weighted by atomic mass is 35.5. The van der Waals surface area contributed by atoms with Gasteiger partial charge in [0.1, 0.15) is 0 Å². The van der Waals surface area contributed by atoms with E-state index in [0.29, 0.717) is 0 Å². The monoisotopic (exact) mass is 195 g/mol. The molecule has 0 saturated heterocycles. The zero-order chi connectivity index (χ0) is 9.56. The summed E-state index contributed by atoms with van der Waals surface area (Å²) in [6.45, 7) is 1.73. The molecule has 7 nitrogen and oxygen atoms in total. The van der Waals surface area contributed by atoms with Crippen molar-refractivity contribution in [2.45, 2.75) is 6.92 Å². The minimum absolute atomic E-state index is 0.150. The molecule has 0 rings (SSSR count). The van der Waals surface area contributed by atoms with Gasteiger partial charge in [0.2, 0.25) is 0 Å². The topological polar surface area (TPSA) is 93.8 Å². The number of rotatable bonds is 2. The Labute approximate surface area is 72.5 Å². The molecule has 0 fully saturated rings. The van der Waals surface area contributed by atoms with Gasteiger partial charge in [-0.2, -0.15) is 0 Å². The molecule has 0 aromatic carbocycles. The molecule has 12 heavy (non-hydrogen) atoms. The predicted octanol–water partition coefficient (Wildman–Crippen LogP) is 0.519. The van der Waals surface area contributed by atoms with Crippen LogP contribution in [-0.2, 0) is 4.74 Å². The molecule has 0 unspecified atom stereocenters. The Morgan fingerprint density at radius 3 is 2.83 bits per heavy atom. The maximum Gasteiger partial charge on any atom is 0.460 e. The Bertz CT molecular complexity index is 216. The molecule has 1 N–H and O–H groups in total. The molecule has 0 aliphatic heterocycles. The fourth-order valence-electron chi connectivity index (χ4n) is 0.296. The van der Waals surface area contributed by atoms with Gasteiger partial charge in [-0.15, -0.1) is 5.43 Å². The summed E-state index contributed by atoms with van der Waals surface area (Å²) in [5.74, 6) is 0. The molecule has 0 spiro atoms. The van der Waals surface area contributed by atoms with Crippen LogP contribution >= 0.6 is 11.6 Å². The molecule has 0 bridgehead atoms. The number of carbonyl (C=O) groups is 1. The molecule has 8 heteroatoms. The highest BCUT2D eigenvalue weighted by Crippen LogP contribution is 1.85. The molecule has 0 aromatic rings. The van der Waals surface area contributed by atoms with Crippen LogP contribution in [0.5, 0.6) is 0 Å². The van der Waals surface area contributed by atoms with Crippen molar-refractivity contribution in [1.82, 2.24) is 5.43 Å². The van der Waals surface area contributed by atoms with Crippen LogP contribution in [0.15, 0.2) is 5.10 Å². The standard InChI is InChI=1S/C4H6ClN3O4/c1-2-12-4(9)7-6-3(5)8(10)11/h2H2,1H3,(H,7,9)/b6-3+. The van der Waals surface area contributed by atoms with E-state index in [1.54, 1.807) is 12.3 Å². The molecule has 0 saturated carbocycles. The fraction of sp³-hybridized carbons (Fsp3) is 0.500. The van der Waals surface area contributed by atoms with E-state index in [0.717, 1.165) is 0 Å². The number of hydrogen-bond donors (Lipinski definition) is 1. The normalized spacial score (nSPS) is 10.7. The van der Waals surface area contributed by atoms with Gasteiger partial charge in [0.15, 0.2) is 0 Å². The first-order valence-electron chi connectivity index (χ1n) is 2.88. The number of hydrazone groups is 1. The summed E-state index contributed by atoms with van der Waals surface area (Å²) < 4.78 is 4.33. The number of carbonyl (C=O) groups excluding carboxylic acids is 1. The first-order valence-corrected chi connectivity index (χ1v) is 3.26. The van der Waals surface area contributed by atoms with Gasteiger partial charge in [-0.3, -0.25) is 0 Å². The van der Waals surface area contributed by atoms with Crippen LogP contribution in [0.3, 0.4) is 0 Å². The van der Waals surface area contributed by atoms with E-state index in [2.05, 4.69) is 9.84 Å². The lowest BCUT2D eigenvalue weighted by atomic mass is 10.9. The third kappa shape index (κ3) is 4.45. The minimum Gasteiger partial charge on any atom is -0.447 e. The van der Waals surface area contributed by atoms with Gasteiger partial charge in [-0.1, -0.05) is 0 Å². The lowest BCUT2D eigenvalue weighted by Gasteiger charge is -1.94. The Balaban J connectivity index is 3.87. The van der Waals surface area contributed by atoms with Crippen LogP contribution in [0.25, 0.3) is 0 Å². The number of nitro groups is 1. The first-order chi connectivity index (χ1) is 5.57. The Morgan fingerprint density at radius 1 is 1.83 bits per heavy atom. The zero-order valence-electron chi connectivity index (χ0n) is 6.11. The number of halogens is 1. The Hall–Kier alpha value is -1.37. The molecule has 0 aliphatic rings. The quantitative estimate of drug-likeness (QED) is 0.228. The van der Waals surface area contributed by atoms with Gasteiger partial charge in [0.05, 0.1) is 11.7 Å². The van der Waals surface area contributed by atoms with E-state index in [4.69, 9.17) is 11.6 Å². The van der Waals surface area contributed by atoms with E-state index >= 15 is 0 Å². The van der Waals surface area contributed by atoms with E-state index in [-0.39, 0.29) is 6.61 Å². The Kier molecular flexibility index (Phi) is 4.70. The second kappa shape index (κ2) is 5.30. The average molecular weight is 196 g/mol. The molecular formula is C4H6ClN3O4. The molecule has 1 amide bonds. The van der Waals surface area contributed by atoms with Crippen molar-refractivity contribution in [1.29, 1.82) is 0 Å². The van der Waals surface area contributed by atoms with Crippen molar-refractivity contribution < 1.29 is 14.5 Å². The fourth-order valence-corrected chi connectivity index (χ4v) is 0.338. The van der Waals surface area contributed by atoms with E-state index in [9.17, 15) is 14.9 Å². The van der Waals surface area contributed by atoms with E-state index in [1.807, 2.05) is 0 Å². The molecule has 0 radical (unpaired) electrons. The van der Waals surface area contributed by atoms with Gasteiger partial charge in [0.25, 0.3) is 0 Å². The number of nitrogens with zero attached hydrogens (tertiary/aromatic N) is 2. The van der Waals surface area contributed by atoms with Crippen molar-refractivity contribution in [2.24, 2.45) is 5.10 Å². The van der Waals surface area contributed by atoms with Crippen molar-refractivity contribution in [3.63, 3.8) is 0 Å². The van der Waals surface area contributed by atoms with Crippen LogP contribution in [0.1, 0.15) is 6.92 Å². The number of nitrogens with one attached hydrogen (secondary N) is 1. The summed E-state index contributed by atoms with van der Waals surface area (Å²) in [7, 11) is 0. The molecule has 0 heterocycles. The highest BCUT2D eigenvalue weighted by molar-refractivity contribution is 6.62. The largest absolute Gasteiger partial charge is 0.460 e. The SMILES string of the molecule is CCOC(=O)N/N=C(\Cl)[N+](=O)[O-]. The molecular weight excluding hydrogens is 190 g/mol. The summed E-state index contributed by atoms with van der Waals surface area (Å²) in [4.78, 5) is 19.3. The highest BCUT2D eigenvalue weighted by Gasteiger charge is 2.09. The summed E-state index contributed by atoms with van der Waals surface area (Å²) in [6, 6.07) is 0. The number of amides is 1. The number of amidine groups is 1. The second-order valence-corrected chi connectivity index (χ2v) is 1.81. The van der Waals surface area contributed by atoms with Crippen molar-refractivity contribution in [3.8, 4) is 0 Å². The summed E-state index contributed by atoms with van der Waals surface area (Å²) >= 11 is 4.94. The van der Waals surface area contributed by atoms with E-state index < -0.39 is 16.3 Å². The smallest absolute Gasteiger partial charge is 0.447 e. The van der Waals surface area contributed by atoms with Gasteiger partial charge in [0, 0.05) is 11.6 Å². The summed E-state index contributed by atoms with van der Waals surface area (Å²) in [5.41, 5.74) is 1.72. The third-order valence-electron chi connectivity index (χ3n) is 0.666. The zero-order valence-corrected chi connectivity index (χ0v) is 6.87. The maximum atomic E-state index is 10.4. The molecule has 68 valence electrons. The number of ether oxygens (including phenoxy) is 1. The number of hydrogen-bond acceptors (Lipinski definition) is 5. The van der Waals surface area contributed by atoms with Crippen LogP contribution in [0.4, 0.5) is 4.79 Å². The lowest BCUT2D eigenvalue weighted by Crippen LogP contribution is -2.21. The maximum absolute atomic E-state index is 10.4. The second-order valence-electron chi connectivity index (χ2n) is 1.47. The van der Waals surface area contributed by atoms with Gasteiger partial charge < -0.3 is 14.9 Å².